The van der Waals surface area contributed by atoms with Gasteiger partial charge < -0.3 is 8.98 Å². The Balaban J connectivity index is 1.58. The van der Waals surface area contributed by atoms with Crippen LogP contribution in [0.5, 0.6) is 0 Å². The van der Waals surface area contributed by atoms with Gasteiger partial charge in [0.25, 0.3) is 0 Å². The van der Waals surface area contributed by atoms with E-state index in [1.807, 2.05) is 48.5 Å². The van der Waals surface area contributed by atoms with Crippen molar-refractivity contribution in [3.8, 4) is 16.8 Å². The molecule has 0 spiro atoms. The summed E-state index contributed by atoms with van der Waals surface area (Å²) in [5, 5.41) is 4.85. The lowest BCUT2D eigenvalue weighted by atomic mass is 9.97. The fourth-order valence-corrected chi connectivity index (χ4v) is 5.16. The molecule has 7 rings (SSSR count). The van der Waals surface area contributed by atoms with Gasteiger partial charge in [-0.2, -0.15) is 0 Å². The molecule has 0 aliphatic carbocycles. The third-order valence-electron chi connectivity index (χ3n) is 6.65. The lowest BCUT2D eigenvalue weighted by Crippen LogP contribution is -2.02. The summed E-state index contributed by atoms with van der Waals surface area (Å²) in [7, 11) is 0. The van der Waals surface area contributed by atoms with Crippen molar-refractivity contribution in [3.63, 3.8) is 0 Å². The molecule has 0 unspecified atom stereocenters. The molecular weight excluding hydrogens is 418 g/mol. The average Bonchev–Trinajstić information content (AvgIpc) is 3.22. The molecule has 0 atom stereocenters. The highest BCUT2D eigenvalue weighted by Gasteiger charge is 2.16. The van der Waals surface area contributed by atoms with Gasteiger partial charge in [-0.25, -0.2) is 4.79 Å². The molecule has 0 amide bonds. The summed E-state index contributed by atoms with van der Waals surface area (Å²) in [4.78, 5) is 13.1. The topological polar surface area (TPSA) is 35.1 Å². The Labute approximate surface area is 195 Å². The third-order valence-corrected chi connectivity index (χ3v) is 6.65. The highest BCUT2D eigenvalue weighted by Crippen LogP contribution is 2.36. The maximum Gasteiger partial charge on any atom is 0.344 e. The van der Waals surface area contributed by atoms with Crippen LogP contribution in [-0.2, 0) is 0 Å². The monoisotopic (exact) mass is 437 g/mol. The molecule has 160 valence electrons. The van der Waals surface area contributed by atoms with E-state index < -0.39 is 0 Å². The van der Waals surface area contributed by atoms with E-state index in [2.05, 4.69) is 71.3 Å². The molecule has 2 heterocycles. The summed E-state index contributed by atoms with van der Waals surface area (Å²) in [5.41, 5.74) is 5.53. The Morgan fingerprint density at radius 2 is 1.26 bits per heavy atom. The predicted octanol–water partition coefficient (Wildman–Crippen LogP) is 7.71. The SMILES string of the molecule is O=c1oc2ccccc2c2cccc(-c3ccc4c5ccccc5n(-c5ccccc5)c4c3)c12. The van der Waals surface area contributed by atoms with Gasteiger partial charge in [0.15, 0.2) is 0 Å². The van der Waals surface area contributed by atoms with Crippen molar-refractivity contribution in [3.05, 3.63) is 126 Å². The molecule has 2 aromatic heterocycles. The molecule has 0 bridgehead atoms. The minimum atomic E-state index is -0.312. The van der Waals surface area contributed by atoms with Gasteiger partial charge in [0, 0.05) is 27.2 Å². The first-order chi connectivity index (χ1) is 16.8. The molecule has 0 fully saturated rings. The van der Waals surface area contributed by atoms with E-state index in [4.69, 9.17) is 4.42 Å². The third kappa shape index (κ3) is 2.67. The van der Waals surface area contributed by atoms with Crippen molar-refractivity contribution < 1.29 is 4.42 Å². The number of nitrogens with zero attached hydrogens (tertiary/aromatic N) is 1. The molecule has 3 nitrogen and oxygen atoms in total. The number of rotatable bonds is 2. The van der Waals surface area contributed by atoms with Crippen molar-refractivity contribution >= 4 is 43.5 Å². The van der Waals surface area contributed by atoms with E-state index in [9.17, 15) is 4.79 Å². The standard InChI is InChI=1S/C31H19NO2/c33-31-30-22(13-8-14-26(30)25-12-5-7-16-29(25)34-31)20-17-18-24-23-11-4-6-15-27(23)32(28(24)19-20)21-9-2-1-3-10-21/h1-19H. The van der Waals surface area contributed by atoms with Crippen molar-refractivity contribution in [2.45, 2.75) is 0 Å². The van der Waals surface area contributed by atoms with Crippen LogP contribution in [0.3, 0.4) is 0 Å². The lowest BCUT2D eigenvalue weighted by Gasteiger charge is -2.10. The van der Waals surface area contributed by atoms with Gasteiger partial charge >= 0.3 is 5.63 Å². The largest absolute Gasteiger partial charge is 0.422 e. The molecule has 7 aromatic rings. The normalized spacial score (nSPS) is 11.6. The fraction of sp³-hybridized carbons (Fsp3) is 0. The minimum Gasteiger partial charge on any atom is -0.422 e. The molecule has 0 saturated heterocycles. The number of aromatic nitrogens is 1. The zero-order valence-corrected chi connectivity index (χ0v) is 18.2. The maximum atomic E-state index is 13.1. The van der Waals surface area contributed by atoms with Crippen molar-refractivity contribution in [2.24, 2.45) is 0 Å². The van der Waals surface area contributed by atoms with Crippen molar-refractivity contribution in [1.29, 1.82) is 0 Å². The molecule has 0 N–H and O–H groups in total. The number of hydrogen-bond donors (Lipinski definition) is 0. The smallest absolute Gasteiger partial charge is 0.344 e. The molecule has 5 aromatic carbocycles. The van der Waals surface area contributed by atoms with E-state index in [0.29, 0.717) is 11.0 Å². The van der Waals surface area contributed by atoms with Gasteiger partial charge in [0.1, 0.15) is 5.58 Å². The summed E-state index contributed by atoms with van der Waals surface area (Å²) in [6, 6.07) is 39.0. The summed E-state index contributed by atoms with van der Waals surface area (Å²) < 4.78 is 7.99. The molecule has 0 radical (unpaired) electrons. The number of para-hydroxylation sites is 3. The van der Waals surface area contributed by atoms with Crippen LogP contribution in [0.4, 0.5) is 0 Å². The van der Waals surface area contributed by atoms with Gasteiger partial charge in [0.05, 0.1) is 16.4 Å². The van der Waals surface area contributed by atoms with Gasteiger partial charge in [0.2, 0.25) is 0 Å². The van der Waals surface area contributed by atoms with Gasteiger partial charge in [-0.05, 0) is 41.5 Å². The Bertz CT molecular complexity index is 1930. The van der Waals surface area contributed by atoms with Crippen LogP contribution in [0.25, 0.3) is 60.4 Å². The molecular formula is C31H19NO2. The van der Waals surface area contributed by atoms with E-state index in [1.165, 1.54) is 10.8 Å². The van der Waals surface area contributed by atoms with Gasteiger partial charge in [-0.3, -0.25) is 0 Å². The average molecular weight is 437 g/mol. The first-order valence-corrected chi connectivity index (χ1v) is 11.3. The molecule has 0 saturated carbocycles. The summed E-state index contributed by atoms with van der Waals surface area (Å²) in [6.45, 7) is 0. The lowest BCUT2D eigenvalue weighted by molar-refractivity contribution is 0.570. The first kappa shape index (κ1) is 18.9. The molecule has 34 heavy (non-hydrogen) atoms. The van der Waals surface area contributed by atoms with Crippen LogP contribution < -0.4 is 5.63 Å². The minimum absolute atomic E-state index is 0.312. The van der Waals surface area contributed by atoms with E-state index in [0.717, 1.165) is 38.6 Å². The van der Waals surface area contributed by atoms with Crippen LogP contribution >= 0.6 is 0 Å². The van der Waals surface area contributed by atoms with Crippen molar-refractivity contribution in [2.75, 3.05) is 0 Å². The summed E-state index contributed by atoms with van der Waals surface area (Å²) in [6.07, 6.45) is 0. The molecule has 0 aliphatic heterocycles. The Morgan fingerprint density at radius 3 is 2.15 bits per heavy atom. The maximum absolute atomic E-state index is 13.1. The zero-order chi connectivity index (χ0) is 22.6. The number of hydrogen-bond acceptors (Lipinski definition) is 2. The molecule has 0 aliphatic rings. The summed E-state index contributed by atoms with van der Waals surface area (Å²) >= 11 is 0. The summed E-state index contributed by atoms with van der Waals surface area (Å²) in [5.74, 6) is 0. The van der Waals surface area contributed by atoms with Crippen LogP contribution in [0.15, 0.2) is 124 Å². The van der Waals surface area contributed by atoms with E-state index in [-0.39, 0.29) is 5.63 Å². The predicted molar refractivity (Wildman–Crippen MR) is 140 cm³/mol. The number of benzene rings is 5. The first-order valence-electron chi connectivity index (χ1n) is 11.3. The van der Waals surface area contributed by atoms with Crippen LogP contribution in [0.1, 0.15) is 0 Å². The number of fused-ring (bicyclic) bond motifs is 6. The van der Waals surface area contributed by atoms with Crippen molar-refractivity contribution in [1.82, 2.24) is 4.57 Å². The van der Waals surface area contributed by atoms with E-state index in [1.54, 1.807) is 0 Å². The highest BCUT2D eigenvalue weighted by molar-refractivity contribution is 6.12. The fourth-order valence-electron chi connectivity index (χ4n) is 5.16. The second kappa shape index (κ2) is 7.19. The van der Waals surface area contributed by atoms with Crippen LogP contribution in [0, 0.1) is 0 Å². The van der Waals surface area contributed by atoms with Crippen LogP contribution in [-0.4, -0.2) is 4.57 Å². The Morgan fingerprint density at radius 1 is 0.559 bits per heavy atom. The second-order valence-electron chi connectivity index (χ2n) is 8.53. The Kier molecular flexibility index (Phi) is 4.00. The van der Waals surface area contributed by atoms with Gasteiger partial charge in [-0.15, -0.1) is 0 Å². The van der Waals surface area contributed by atoms with E-state index >= 15 is 0 Å². The Hall–Kier alpha value is -4.63. The zero-order valence-electron chi connectivity index (χ0n) is 18.2. The second-order valence-corrected chi connectivity index (χ2v) is 8.53. The highest BCUT2D eigenvalue weighted by atomic mass is 16.4. The van der Waals surface area contributed by atoms with Crippen LogP contribution in [0.2, 0.25) is 0 Å². The van der Waals surface area contributed by atoms with Gasteiger partial charge in [-0.1, -0.05) is 84.9 Å². The molecule has 3 heteroatoms. The quantitative estimate of drug-likeness (QED) is 0.205.